The molecule has 1 aliphatic heterocycles. The van der Waals surface area contributed by atoms with Crippen molar-refractivity contribution in [3.63, 3.8) is 0 Å². The van der Waals surface area contributed by atoms with Crippen LogP contribution in [0, 0.1) is 5.41 Å². The Bertz CT molecular complexity index is 655. The number of rotatable bonds is 8. The van der Waals surface area contributed by atoms with Crippen LogP contribution in [-0.2, 0) is 9.59 Å². The maximum Gasteiger partial charge on any atom is 0.261 e. The number of carbonyl (C=O) groups excluding carboxylic acids is 4. The summed E-state index contributed by atoms with van der Waals surface area (Å²) >= 11 is 0. The van der Waals surface area contributed by atoms with Crippen LogP contribution in [0.5, 0.6) is 0 Å². The molecule has 0 aliphatic carbocycles. The van der Waals surface area contributed by atoms with Crippen molar-refractivity contribution >= 4 is 23.4 Å². The summed E-state index contributed by atoms with van der Waals surface area (Å²) in [6, 6.07) is 6.77. The van der Waals surface area contributed by atoms with Gasteiger partial charge in [0.2, 0.25) is 0 Å². The second-order valence-electron chi connectivity index (χ2n) is 6.59. The highest BCUT2D eigenvalue weighted by Crippen LogP contribution is 2.25. The number of hydrogen-bond acceptors (Lipinski definition) is 4. The molecule has 5 nitrogen and oxygen atoms in total. The van der Waals surface area contributed by atoms with Crippen LogP contribution in [-0.4, -0.2) is 34.8 Å². The third kappa shape index (κ3) is 3.30. The lowest BCUT2D eigenvalue weighted by atomic mass is 9.80. The zero-order valence-corrected chi connectivity index (χ0v) is 14.4. The fourth-order valence-electron chi connectivity index (χ4n) is 2.91. The summed E-state index contributed by atoms with van der Waals surface area (Å²) < 4.78 is 0. The van der Waals surface area contributed by atoms with Crippen molar-refractivity contribution in [3.05, 3.63) is 35.4 Å². The minimum atomic E-state index is -0.954. The number of carbonyl (C=O) groups is 4. The highest BCUT2D eigenvalue weighted by atomic mass is 16.2. The number of nitrogens with zero attached hydrogens (tertiary/aromatic N) is 1. The van der Waals surface area contributed by atoms with Crippen molar-refractivity contribution in [2.45, 2.75) is 46.5 Å². The van der Waals surface area contributed by atoms with Crippen molar-refractivity contribution in [2.24, 2.45) is 5.41 Å². The molecule has 5 heteroatoms. The minimum Gasteiger partial charge on any atom is -0.299 e. The van der Waals surface area contributed by atoms with Crippen molar-refractivity contribution in [1.82, 2.24) is 4.90 Å². The van der Waals surface area contributed by atoms with Gasteiger partial charge >= 0.3 is 0 Å². The van der Waals surface area contributed by atoms with Crippen LogP contribution in [0.25, 0.3) is 0 Å². The van der Waals surface area contributed by atoms with E-state index in [0.29, 0.717) is 36.9 Å². The maximum atomic E-state index is 12.2. The number of amides is 2. The first-order chi connectivity index (χ1) is 11.3. The van der Waals surface area contributed by atoms with Crippen molar-refractivity contribution in [1.29, 1.82) is 0 Å². The number of hydrogen-bond donors (Lipinski definition) is 0. The van der Waals surface area contributed by atoms with Gasteiger partial charge in [0.05, 0.1) is 16.5 Å². The van der Waals surface area contributed by atoms with E-state index >= 15 is 0 Å². The predicted molar refractivity (Wildman–Crippen MR) is 89.7 cm³/mol. The van der Waals surface area contributed by atoms with Gasteiger partial charge in [0.25, 0.3) is 11.8 Å². The SMILES string of the molecule is CCC(=O)C(C)(C)C(=O)CCCCN1C(=O)c2ccccc2C1=O. The number of Topliss-reactive ketones (excluding diaryl/α,β-unsaturated/α-hetero) is 2. The standard InChI is InChI=1S/C19H23NO4/c1-4-15(21)19(2,3)16(22)11-7-8-12-20-17(23)13-9-5-6-10-14(13)18(20)24/h5-6,9-10H,4,7-8,11-12H2,1-3H3. The van der Waals surface area contributed by atoms with Crippen LogP contribution >= 0.6 is 0 Å². The van der Waals surface area contributed by atoms with Crippen molar-refractivity contribution in [2.75, 3.05) is 6.54 Å². The normalized spacial score (nSPS) is 14.0. The average Bonchev–Trinajstić information content (AvgIpc) is 2.82. The summed E-state index contributed by atoms with van der Waals surface area (Å²) in [6.45, 7) is 5.36. The molecule has 0 saturated carbocycles. The third-order valence-corrected chi connectivity index (χ3v) is 4.63. The van der Waals surface area contributed by atoms with E-state index in [2.05, 4.69) is 0 Å². The molecule has 1 aromatic rings. The fourth-order valence-corrected chi connectivity index (χ4v) is 2.91. The molecule has 0 N–H and O–H groups in total. The van der Waals surface area contributed by atoms with E-state index in [0.717, 1.165) is 0 Å². The third-order valence-electron chi connectivity index (χ3n) is 4.63. The summed E-state index contributed by atoms with van der Waals surface area (Å²) in [5.41, 5.74) is -0.0777. The van der Waals surface area contributed by atoms with E-state index < -0.39 is 5.41 Å². The number of ketones is 2. The molecule has 0 bridgehead atoms. The molecule has 0 atom stereocenters. The van der Waals surface area contributed by atoms with Crippen LogP contribution in [0.2, 0.25) is 0 Å². The Hall–Kier alpha value is -2.30. The summed E-state index contributed by atoms with van der Waals surface area (Å²) in [7, 11) is 0. The Labute approximate surface area is 142 Å². The molecule has 1 aromatic carbocycles. The van der Waals surface area contributed by atoms with Gasteiger partial charge < -0.3 is 0 Å². The Balaban J connectivity index is 1.86. The molecule has 1 heterocycles. The average molecular weight is 329 g/mol. The van der Waals surface area contributed by atoms with Gasteiger partial charge in [-0.05, 0) is 38.8 Å². The largest absolute Gasteiger partial charge is 0.299 e. The Morgan fingerprint density at radius 3 is 2.00 bits per heavy atom. The highest BCUT2D eigenvalue weighted by molar-refractivity contribution is 6.21. The fraction of sp³-hybridized carbons (Fsp3) is 0.474. The van der Waals surface area contributed by atoms with Gasteiger partial charge in [-0.1, -0.05) is 19.1 Å². The second-order valence-corrected chi connectivity index (χ2v) is 6.59. The Kier molecular flexibility index (Phi) is 5.32. The molecular weight excluding hydrogens is 306 g/mol. The van der Waals surface area contributed by atoms with Gasteiger partial charge in [0, 0.05) is 19.4 Å². The number of imide groups is 1. The first-order valence-corrected chi connectivity index (χ1v) is 8.32. The first-order valence-electron chi connectivity index (χ1n) is 8.32. The summed E-state index contributed by atoms with van der Waals surface area (Å²) in [5.74, 6) is -0.698. The Morgan fingerprint density at radius 1 is 0.958 bits per heavy atom. The molecule has 1 aliphatic rings. The molecule has 2 rings (SSSR count). The molecule has 0 radical (unpaired) electrons. The van der Waals surface area contributed by atoms with Crippen LogP contribution in [0.4, 0.5) is 0 Å². The summed E-state index contributed by atoms with van der Waals surface area (Å²) in [5, 5.41) is 0. The molecular formula is C19H23NO4. The van der Waals surface area contributed by atoms with E-state index in [1.165, 1.54) is 4.90 Å². The Morgan fingerprint density at radius 2 is 1.50 bits per heavy atom. The van der Waals surface area contributed by atoms with E-state index in [9.17, 15) is 19.2 Å². The molecule has 0 spiro atoms. The van der Waals surface area contributed by atoms with Gasteiger partial charge in [-0.3, -0.25) is 24.1 Å². The monoisotopic (exact) mass is 329 g/mol. The molecule has 2 amide bonds. The van der Waals surface area contributed by atoms with Gasteiger partial charge in [-0.25, -0.2) is 0 Å². The maximum absolute atomic E-state index is 12.2. The zero-order valence-electron chi connectivity index (χ0n) is 14.4. The van der Waals surface area contributed by atoms with Gasteiger partial charge in [-0.15, -0.1) is 0 Å². The topological polar surface area (TPSA) is 71.5 Å². The number of benzene rings is 1. The highest BCUT2D eigenvalue weighted by Gasteiger charge is 2.35. The predicted octanol–water partition coefficient (Wildman–Crippen LogP) is 3.03. The molecule has 128 valence electrons. The first kappa shape index (κ1) is 18.0. The van der Waals surface area contributed by atoms with Crippen molar-refractivity contribution in [3.8, 4) is 0 Å². The number of fused-ring (bicyclic) bond motifs is 1. The summed E-state index contributed by atoms with van der Waals surface area (Å²) in [4.78, 5) is 49.7. The molecule has 0 fully saturated rings. The van der Waals surface area contributed by atoms with E-state index in [1.54, 1.807) is 45.0 Å². The lowest BCUT2D eigenvalue weighted by molar-refractivity contribution is -0.138. The van der Waals surface area contributed by atoms with Gasteiger partial charge in [-0.2, -0.15) is 0 Å². The molecule has 0 saturated heterocycles. The van der Waals surface area contributed by atoms with Crippen LogP contribution in [0.1, 0.15) is 67.2 Å². The van der Waals surface area contributed by atoms with E-state index in [4.69, 9.17) is 0 Å². The summed E-state index contributed by atoms with van der Waals surface area (Å²) in [6.07, 6.45) is 1.72. The minimum absolute atomic E-state index is 0.0622. The van der Waals surface area contributed by atoms with Gasteiger partial charge in [0.1, 0.15) is 11.6 Å². The van der Waals surface area contributed by atoms with Crippen molar-refractivity contribution < 1.29 is 19.2 Å². The quantitative estimate of drug-likeness (QED) is 0.417. The van der Waals surface area contributed by atoms with Gasteiger partial charge in [0.15, 0.2) is 0 Å². The van der Waals surface area contributed by atoms with Crippen LogP contribution in [0.3, 0.4) is 0 Å². The zero-order chi connectivity index (χ0) is 17.9. The van der Waals surface area contributed by atoms with Crippen LogP contribution < -0.4 is 0 Å². The van der Waals surface area contributed by atoms with Crippen LogP contribution in [0.15, 0.2) is 24.3 Å². The molecule has 0 aromatic heterocycles. The van der Waals surface area contributed by atoms with E-state index in [1.807, 2.05) is 0 Å². The lowest BCUT2D eigenvalue weighted by Gasteiger charge is -2.21. The smallest absolute Gasteiger partial charge is 0.261 e. The lowest BCUT2D eigenvalue weighted by Crippen LogP contribution is -2.33. The number of unbranched alkanes of at least 4 members (excludes halogenated alkanes) is 1. The molecule has 24 heavy (non-hydrogen) atoms. The second kappa shape index (κ2) is 7.07. The van der Waals surface area contributed by atoms with E-state index in [-0.39, 0.29) is 29.8 Å². The molecule has 0 unspecified atom stereocenters.